The van der Waals surface area contributed by atoms with Crippen LogP contribution in [0.2, 0.25) is 0 Å². The van der Waals surface area contributed by atoms with Gasteiger partial charge in [-0.2, -0.15) is 0 Å². The van der Waals surface area contributed by atoms with Crippen LogP contribution in [0.1, 0.15) is 51.4 Å². The first-order chi connectivity index (χ1) is 18.8. The minimum atomic E-state index is -4.20. The van der Waals surface area contributed by atoms with Gasteiger partial charge in [-0.15, -0.1) is 0 Å². The summed E-state index contributed by atoms with van der Waals surface area (Å²) in [6, 6.07) is 13.4. The lowest BCUT2D eigenvalue weighted by molar-refractivity contribution is 0.0981. The summed E-state index contributed by atoms with van der Waals surface area (Å²) in [6.07, 6.45) is 0.856. The van der Waals surface area contributed by atoms with E-state index in [1.807, 2.05) is 18.7 Å². The molecule has 1 unspecified atom stereocenters. The number of pyridine rings is 1. The molecule has 40 heavy (non-hydrogen) atoms. The highest BCUT2D eigenvalue weighted by molar-refractivity contribution is 7.90. The molecule has 1 saturated heterocycles. The van der Waals surface area contributed by atoms with Gasteiger partial charge in [0.25, 0.3) is 15.9 Å². The summed E-state index contributed by atoms with van der Waals surface area (Å²) in [5.41, 5.74) is 0.678. The first-order valence-electron chi connectivity index (χ1n) is 13.2. The van der Waals surface area contributed by atoms with Crippen LogP contribution in [-0.2, 0) is 10.0 Å². The molecule has 1 fully saturated rings. The number of carbonyl (C=O) groups excluding carboxylic acids is 1. The Kier molecular flexibility index (Phi) is 8.39. The predicted molar refractivity (Wildman–Crippen MR) is 153 cm³/mol. The largest absolute Gasteiger partial charge is 0.497 e. The van der Waals surface area contributed by atoms with Gasteiger partial charge in [0, 0.05) is 29.8 Å². The number of carbonyl (C=O) groups is 1. The predicted octanol–water partition coefficient (Wildman–Crippen LogP) is 5.67. The summed E-state index contributed by atoms with van der Waals surface area (Å²) in [5.74, 6) is 0.367. The lowest BCUT2D eigenvalue weighted by Gasteiger charge is -2.34. The van der Waals surface area contributed by atoms with E-state index in [2.05, 4.69) is 25.5 Å². The average molecular weight is 570 g/mol. The lowest BCUT2D eigenvalue weighted by Crippen LogP contribution is -2.41. The topological polar surface area (TPSA) is 97.8 Å². The molecule has 0 bridgehead atoms. The molecule has 3 aromatic rings. The number of hydrogen-bond acceptors (Lipinski definition) is 7. The SMILES string of the molecule is COc1cccc(S(=O)(=O)NC(=O)c2ccc(-c3cc(F)cc(OCC(C)C)c3)nc2N2CC(C)CC2(C)C)c1. The first kappa shape index (κ1) is 29.3. The van der Waals surface area contributed by atoms with Crippen LogP contribution in [0.25, 0.3) is 11.3 Å². The zero-order valence-corrected chi connectivity index (χ0v) is 24.5. The smallest absolute Gasteiger partial charge is 0.268 e. The number of aromatic nitrogens is 1. The van der Waals surface area contributed by atoms with Gasteiger partial charge in [0.15, 0.2) is 0 Å². The van der Waals surface area contributed by atoms with Gasteiger partial charge in [-0.3, -0.25) is 4.79 Å². The minimum absolute atomic E-state index is 0.102. The van der Waals surface area contributed by atoms with Crippen molar-refractivity contribution in [3.8, 4) is 22.8 Å². The number of benzene rings is 2. The van der Waals surface area contributed by atoms with Crippen molar-refractivity contribution in [3.05, 3.63) is 66.0 Å². The van der Waals surface area contributed by atoms with Crippen LogP contribution in [0, 0.1) is 17.7 Å². The second-order valence-electron chi connectivity index (χ2n) is 11.3. The summed E-state index contributed by atoms with van der Waals surface area (Å²) < 4.78 is 53.8. The maximum atomic E-state index is 14.6. The number of rotatable bonds is 9. The monoisotopic (exact) mass is 569 g/mol. The molecule has 1 atom stereocenters. The van der Waals surface area contributed by atoms with E-state index in [1.165, 1.54) is 43.5 Å². The molecule has 4 rings (SSSR count). The molecule has 0 spiro atoms. The molecule has 0 saturated carbocycles. The molecule has 1 aliphatic rings. The number of amides is 1. The molecule has 10 heteroatoms. The van der Waals surface area contributed by atoms with Crippen LogP contribution in [0.3, 0.4) is 0 Å². The fraction of sp³-hybridized carbons (Fsp3) is 0.400. The fourth-order valence-electron chi connectivity index (χ4n) is 5.01. The Bertz CT molecular complexity index is 1510. The maximum Gasteiger partial charge on any atom is 0.268 e. The summed E-state index contributed by atoms with van der Waals surface area (Å²) in [4.78, 5) is 20.2. The van der Waals surface area contributed by atoms with Gasteiger partial charge in [-0.1, -0.05) is 26.8 Å². The van der Waals surface area contributed by atoms with E-state index in [1.54, 1.807) is 18.2 Å². The van der Waals surface area contributed by atoms with Gasteiger partial charge >= 0.3 is 0 Å². The van der Waals surface area contributed by atoms with E-state index >= 15 is 0 Å². The second-order valence-corrected chi connectivity index (χ2v) is 13.0. The van der Waals surface area contributed by atoms with Gasteiger partial charge in [0.05, 0.1) is 29.9 Å². The minimum Gasteiger partial charge on any atom is -0.497 e. The Hall–Kier alpha value is -3.66. The van der Waals surface area contributed by atoms with E-state index in [0.717, 1.165) is 6.42 Å². The number of ether oxygens (including phenoxy) is 2. The molecular weight excluding hydrogens is 533 g/mol. The van der Waals surface area contributed by atoms with Crippen LogP contribution >= 0.6 is 0 Å². The van der Waals surface area contributed by atoms with E-state index in [4.69, 9.17) is 14.5 Å². The molecule has 8 nitrogen and oxygen atoms in total. The molecule has 1 amide bonds. The number of nitrogens with zero attached hydrogens (tertiary/aromatic N) is 2. The molecule has 2 aromatic carbocycles. The molecule has 0 aliphatic carbocycles. The molecule has 0 radical (unpaired) electrons. The van der Waals surface area contributed by atoms with E-state index in [-0.39, 0.29) is 21.9 Å². The standard InChI is InChI=1S/C30H36FN3O5S/c1-19(2)18-39-24-13-21(12-22(31)14-24)27-11-10-26(28(32-27)34-17-20(3)16-30(34,4)5)29(35)33-40(36,37)25-9-7-8-23(15-25)38-6/h7-15,19-20H,16-18H2,1-6H3,(H,33,35). The normalized spacial score (nSPS) is 16.7. The highest BCUT2D eigenvalue weighted by Gasteiger charge is 2.39. The number of nitrogens with one attached hydrogen (secondary N) is 1. The van der Waals surface area contributed by atoms with E-state index < -0.39 is 21.7 Å². The second kappa shape index (κ2) is 11.4. The van der Waals surface area contributed by atoms with Gasteiger partial charge in [-0.05, 0) is 68.5 Å². The Balaban J connectivity index is 1.76. The Labute approximate surface area is 235 Å². The maximum absolute atomic E-state index is 14.6. The number of halogens is 1. The van der Waals surface area contributed by atoms with E-state index in [0.29, 0.717) is 47.6 Å². The zero-order valence-electron chi connectivity index (χ0n) is 23.7. The number of sulfonamides is 1. The van der Waals surface area contributed by atoms with Gasteiger partial charge < -0.3 is 14.4 Å². The van der Waals surface area contributed by atoms with Crippen LogP contribution in [0.5, 0.6) is 11.5 Å². The lowest BCUT2D eigenvalue weighted by atomic mass is 9.97. The van der Waals surface area contributed by atoms with Gasteiger partial charge in [0.2, 0.25) is 0 Å². The summed E-state index contributed by atoms with van der Waals surface area (Å²) >= 11 is 0. The summed E-state index contributed by atoms with van der Waals surface area (Å²) in [6.45, 7) is 11.3. The third-order valence-electron chi connectivity index (χ3n) is 6.78. The van der Waals surface area contributed by atoms with Crippen LogP contribution in [0.4, 0.5) is 10.2 Å². The Morgan fingerprint density at radius 1 is 1.15 bits per heavy atom. The number of methoxy groups -OCH3 is 1. The molecule has 1 aliphatic heterocycles. The van der Waals surface area contributed by atoms with Gasteiger partial charge in [-0.25, -0.2) is 22.5 Å². The quantitative estimate of drug-likeness (QED) is 0.354. The summed E-state index contributed by atoms with van der Waals surface area (Å²) in [5, 5.41) is 0. The molecule has 1 aromatic heterocycles. The van der Waals surface area contributed by atoms with Crippen molar-refractivity contribution < 1.29 is 27.1 Å². The highest BCUT2D eigenvalue weighted by atomic mass is 32.2. The Morgan fingerprint density at radius 3 is 2.55 bits per heavy atom. The number of hydrogen-bond donors (Lipinski definition) is 1. The highest BCUT2D eigenvalue weighted by Crippen LogP contribution is 2.38. The van der Waals surface area contributed by atoms with Crippen LogP contribution in [0.15, 0.2) is 59.5 Å². The number of anilines is 1. The third-order valence-corrected chi connectivity index (χ3v) is 8.11. The average Bonchev–Trinajstić information content (AvgIpc) is 3.17. The molecule has 214 valence electrons. The Morgan fingerprint density at radius 2 is 1.90 bits per heavy atom. The molecule has 2 heterocycles. The van der Waals surface area contributed by atoms with Crippen molar-refractivity contribution in [2.45, 2.75) is 51.5 Å². The van der Waals surface area contributed by atoms with Crippen molar-refractivity contribution in [2.24, 2.45) is 11.8 Å². The molecular formula is C30H36FN3O5S. The first-order valence-corrected chi connectivity index (χ1v) is 14.7. The van der Waals surface area contributed by atoms with Crippen molar-refractivity contribution >= 4 is 21.7 Å². The van der Waals surface area contributed by atoms with Crippen molar-refractivity contribution in [3.63, 3.8) is 0 Å². The third kappa shape index (κ3) is 6.55. The van der Waals surface area contributed by atoms with Crippen molar-refractivity contribution in [1.29, 1.82) is 0 Å². The van der Waals surface area contributed by atoms with Crippen LogP contribution < -0.4 is 19.1 Å². The summed E-state index contributed by atoms with van der Waals surface area (Å²) in [7, 11) is -2.77. The van der Waals surface area contributed by atoms with Gasteiger partial charge in [0.1, 0.15) is 23.1 Å². The van der Waals surface area contributed by atoms with E-state index in [9.17, 15) is 17.6 Å². The molecule has 1 N–H and O–H groups in total. The van der Waals surface area contributed by atoms with Crippen molar-refractivity contribution in [2.75, 3.05) is 25.2 Å². The van der Waals surface area contributed by atoms with Crippen molar-refractivity contribution in [1.82, 2.24) is 9.71 Å². The van der Waals surface area contributed by atoms with Crippen LogP contribution in [-0.4, -0.2) is 45.1 Å². The zero-order chi connectivity index (χ0) is 29.2. The fourth-order valence-corrected chi connectivity index (χ4v) is 6.01.